The van der Waals surface area contributed by atoms with Gasteiger partial charge in [-0.2, -0.15) is 0 Å². The fourth-order valence-electron chi connectivity index (χ4n) is 2.85. The first-order chi connectivity index (χ1) is 9.18. The predicted molar refractivity (Wildman–Crippen MR) is 72.0 cm³/mol. The van der Waals surface area contributed by atoms with Gasteiger partial charge in [0.15, 0.2) is 0 Å². The van der Waals surface area contributed by atoms with Crippen molar-refractivity contribution in [3.05, 3.63) is 46.9 Å². The molecule has 0 N–H and O–H groups in total. The van der Waals surface area contributed by atoms with Crippen LogP contribution in [0.4, 0.5) is 10.3 Å². The molecule has 1 atom stereocenters. The Labute approximate surface area is 112 Å². The topological polar surface area (TPSA) is 29.3 Å². The molecular weight excluding hydrogens is 243 g/mol. The fourth-order valence-corrected chi connectivity index (χ4v) is 2.85. The SMILES string of the molecule is CN(C)c1onc2c1CCCC2c1ccccc1F. The monoisotopic (exact) mass is 260 g/mol. The van der Waals surface area contributed by atoms with Crippen molar-refractivity contribution >= 4 is 5.88 Å². The number of hydrogen-bond acceptors (Lipinski definition) is 3. The van der Waals surface area contributed by atoms with Gasteiger partial charge in [0.05, 0.1) is 5.69 Å². The number of fused-ring (bicyclic) bond motifs is 1. The highest BCUT2D eigenvalue weighted by Gasteiger charge is 2.30. The fraction of sp³-hybridized carbons (Fsp3) is 0.400. The number of benzene rings is 1. The molecule has 2 aromatic rings. The minimum Gasteiger partial charge on any atom is -0.347 e. The Kier molecular flexibility index (Phi) is 3.01. The third-order valence-electron chi connectivity index (χ3n) is 3.73. The van der Waals surface area contributed by atoms with Crippen molar-refractivity contribution in [1.29, 1.82) is 0 Å². The van der Waals surface area contributed by atoms with Crippen LogP contribution >= 0.6 is 0 Å². The van der Waals surface area contributed by atoms with Gasteiger partial charge in [0.2, 0.25) is 5.88 Å². The number of hydrogen-bond donors (Lipinski definition) is 0. The Balaban J connectivity index is 2.06. The Morgan fingerprint density at radius 3 is 2.84 bits per heavy atom. The van der Waals surface area contributed by atoms with E-state index in [9.17, 15) is 4.39 Å². The second-order valence-electron chi connectivity index (χ2n) is 5.21. The number of halogens is 1. The lowest BCUT2D eigenvalue weighted by Gasteiger charge is -2.22. The Morgan fingerprint density at radius 1 is 1.32 bits per heavy atom. The number of nitrogens with zero attached hydrogens (tertiary/aromatic N) is 2. The van der Waals surface area contributed by atoms with Crippen molar-refractivity contribution in [2.45, 2.75) is 25.2 Å². The molecular formula is C15H17FN2O. The van der Waals surface area contributed by atoms with Gasteiger partial charge in [0, 0.05) is 25.6 Å². The summed E-state index contributed by atoms with van der Waals surface area (Å²) >= 11 is 0. The van der Waals surface area contributed by atoms with Crippen LogP contribution < -0.4 is 4.90 Å². The van der Waals surface area contributed by atoms with Gasteiger partial charge >= 0.3 is 0 Å². The van der Waals surface area contributed by atoms with Crippen LogP contribution in [0.5, 0.6) is 0 Å². The highest BCUT2D eigenvalue weighted by Crippen LogP contribution is 2.40. The van der Waals surface area contributed by atoms with Crippen molar-refractivity contribution < 1.29 is 8.91 Å². The summed E-state index contributed by atoms with van der Waals surface area (Å²) in [5.41, 5.74) is 2.76. The third kappa shape index (κ3) is 2.01. The average Bonchev–Trinajstić information content (AvgIpc) is 2.83. The standard InChI is InChI=1S/C15H17FN2O/c1-18(2)15-12-8-5-7-11(14(12)17-19-15)10-6-3-4-9-13(10)16/h3-4,6,9,11H,5,7-8H2,1-2H3. The zero-order valence-corrected chi connectivity index (χ0v) is 11.2. The molecule has 1 aliphatic rings. The molecule has 4 heteroatoms. The second-order valence-corrected chi connectivity index (χ2v) is 5.21. The summed E-state index contributed by atoms with van der Waals surface area (Å²) in [7, 11) is 3.88. The molecule has 0 radical (unpaired) electrons. The molecule has 0 spiro atoms. The van der Waals surface area contributed by atoms with Crippen LogP contribution in [0.2, 0.25) is 0 Å². The highest BCUT2D eigenvalue weighted by molar-refractivity contribution is 5.49. The molecule has 1 aliphatic carbocycles. The van der Waals surface area contributed by atoms with E-state index in [4.69, 9.17) is 4.52 Å². The van der Waals surface area contributed by atoms with Crippen LogP contribution in [0.25, 0.3) is 0 Å². The van der Waals surface area contributed by atoms with E-state index >= 15 is 0 Å². The molecule has 3 rings (SSSR count). The number of aromatic nitrogens is 1. The molecule has 1 unspecified atom stereocenters. The van der Waals surface area contributed by atoms with Gasteiger partial charge < -0.3 is 9.42 Å². The average molecular weight is 260 g/mol. The van der Waals surface area contributed by atoms with Crippen molar-refractivity contribution in [3.8, 4) is 0 Å². The summed E-state index contributed by atoms with van der Waals surface area (Å²) in [5.74, 6) is 0.660. The molecule has 0 aliphatic heterocycles. The van der Waals surface area contributed by atoms with Crippen LogP contribution in [0.3, 0.4) is 0 Å². The van der Waals surface area contributed by atoms with E-state index < -0.39 is 0 Å². The van der Waals surface area contributed by atoms with Crippen LogP contribution in [0.15, 0.2) is 28.8 Å². The Morgan fingerprint density at radius 2 is 2.11 bits per heavy atom. The Hall–Kier alpha value is -1.84. The van der Waals surface area contributed by atoms with Gasteiger partial charge in [-0.1, -0.05) is 23.4 Å². The van der Waals surface area contributed by atoms with Gasteiger partial charge in [-0.25, -0.2) is 4.39 Å². The summed E-state index contributed by atoms with van der Waals surface area (Å²) in [6.07, 6.45) is 2.92. The smallest absolute Gasteiger partial charge is 0.230 e. The largest absolute Gasteiger partial charge is 0.347 e. The molecule has 0 saturated carbocycles. The lowest BCUT2D eigenvalue weighted by molar-refractivity contribution is 0.410. The number of anilines is 1. The Bertz CT molecular complexity index is 592. The summed E-state index contributed by atoms with van der Waals surface area (Å²) < 4.78 is 19.4. The minimum absolute atomic E-state index is 0.0161. The van der Waals surface area contributed by atoms with Gasteiger partial charge in [0.25, 0.3) is 0 Å². The van der Waals surface area contributed by atoms with Crippen molar-refractivity contribution in [1.82, 2.24) is 5.16 Å². The van der Waals surface area contributed by atoms with Gasteiger partial charge in [0.1, 0.15) is 5.82 Å². The van der Waals surface area contributed by atoms with Crippen LogP contribution in [0, 0.1) is 5.82 Å². The zero-order valence-electron chi connectivity index (χ0n) is 11.2. The van der Waals surface area contributed by atoms with Crippen molar-refractivity contribution in [3.63, 3.8) is 0 Å². The van der Waals surface area contributed by atoms with Crippen molar-refractivity contribution in [2.24, 2.45) is 0 Å². The zero-order chi connectivity index (χ0) is 13.4. The summed E-state index contributed by atoms with van der Waals surface area (Å²) in [6.45, 7) is 0. The second kappa shape index (κ2) is 4.68. The molecule has 19 heavy (non-hydrogen) atoms. The lowest BCUT2D eigenvalue weighted by atomic mass is 9.82. The maximum Gasteiger partial charge on any atom is 0.230 e. The maximum atomic E-state index is 14.0. The first-order valence-corrected chi connectivity index (χ1v) is 6.58. The van der Waals surface area contributed by atoms with Gasteiger partial charge in [-0.15, -0.1) is 0 Å². The first kappa shape index (κ1) is 12.2. The molecule has 1 aromatic heterocycles. The minimum atomic E-state index is -0.158. The molecule has 0 amide bonds. The van der Waals surface area contributed by atoms with E-state index in [2.05, 4.69) is 5.16 Å². The molecule has 0 bridgehead atoms. The highest BCUT2D eigenvalue weighted by atomic mass is 19.1. The van der Waals surface area contributed by atoms with E-state index in [0.717, 1.165) is 42.0 Å². The quantitative estimate of drug-likeness (QED) is 0.829. The molecule has 100 valence electrons. The summed E-state index contributed by atoms with van der Waals surface area (Å²) in [4.78, 5) is 1.93. The summed E-state index contributed by atoms with van der Waals surface area (Å²) in [6, 6.07) is 6.95. The molecule has 0 fully saturated rings. The maximum absolute atomic E-state index is 14.0. The van der Waals surface area contributed by atoms with Gasteiger partial charge in [-0.05, 0) is 30.9 Å². The van der Waals surface area contributed by atoms with Crippen molar-refractivity contribution in [2.75, 3.05) is 19.0 Å². The van der Waals surface area contributed by atoms with E-state index in [0.29, 0.717) is 0 Å². The van der Waals surface area contributed by atoms with Crippen LogP contribution in [-0.2, 0) is 6.42 Å². The number of rotatable bonds is 2. The molecule has 0 saturated heterocycles. The molecule has 3 nitrogen and oxygen atoms in total. The lowest BCUT2D eigenvalue weighted by Crippen LogP contribution is -2.15. The van der Waals surface area contributed by atoms with E-state index in [-0.39, 0.29) is 11.7 Å². The third-order valence-corrected chi connectivity index (χ3v) is 3.73. The van der Waals surface area contributed by atoms with Crippen LogP contribution in [0.1, 0.15) is 35.6 Å². The normalized spacial score (nSPS) is 18.2. The molecule has 1 aromatic carbocycles. The molecule has 1 heterocycles. The van der Waals surface area contributed by atoms with Gasteiger partial charge in [-0.3, -0.25) is 0 Å². The van der Waals surface area contributed by atoms with E-state index in [1.54, 1.807) is 6.07 Å². The van der Waals surface area contributed by atoms with E-state index in [1.165, 1.54) is 6.07 Å². The first-order valence-electron chi connectivity index (χ1n) is 6.58. The predicted octanol–water partition coefficient (Wildman–Crippen LogP) is 3.35. The summed E-state index contributed by atoms with van der Waals surface area (Å²) in [5, 5.41) is 4.19. The van der Waals surface area contributed by atoms with E-state index in [1.807, 2.05) is 31.1 Å². The van der Waals surface area contributed by atoms with Crippen LogP contribution in [-0.4, -0.2) is 19.3 Å².